The first-order chi connectivity index (χ1) is 9.47. The van der Waals surface area contributed by atoms with Gasteiger partial charge in [-0.3, -0.25) is 24.0 Å². The monoisotopic (exact) mass is 285 g/mol. The normalized spacial score (nSPS) is 19.5. The molecule has 0 aromatic heterocycles. The van der Waals surface area contributed by atoms with Gasteiger partial charge in [-0.05, 0) is 0 Å². The minimum atomic E-state index is 0.167. The first-order valence-electron chi connectivity index (χ1n) is 5.81. The molecule has 0 aromatic carbocycles. The molecule has 5 aliphatic heterocycles. The topological polar surface area (TPSA) is 195 Å². The molecule has 110 valence electrons. The predicted molar refractivity (Wildman–Crippen MR) is 65.0 cm³/mol. The Hall–Kier alpha value is -2.65. The van der Waals surface area contributed by atoms with Crippen LogP contribution in [-0.4, -0.2) is 62.3 Å². The number of amides is 5. The lowest BCUT2D eigenvalue weighted by Crippen LogP contribution is -1.66. The Bertz CT molecular complexity index is 313. The standard InChI is InChI=1S/5C2H3NO/c5*4-2-1-3-2/h5*1H2,(H,3,4). The Balaban J connectivity index is 0.000000125. The molecule has 0 spiro atoms. The molecule has 0 aliphatic carbocycles. The molecule has 0 aromatic rings. The molecule has 0 bridgehead atoms. The van der Waals surface area contributed by atoms with Crippen molar-refractivity contribution >= 4 is 29.5 Å². The van der Waals surface area contributed by atoms with E-state index in [1.54, 1.807) is 0 Å². The van der Waals surface area contributed by atoms with E-state index in [4.69, 9.17) is 0 Å². The van der Waals surface area contributed by atoms with Crippen LogP contribution in [0.3, 0.4) is 0 Å². The fraction of sp³-hybridized carbons (Fsp3) is 0.500. The Labute approximate surface area is 114 Å². The second-order valence-corrected chi connectivity index (χ2v) is 3.88. The summed E-state index contributed by atoms with van der Waals surface area (Å²) in [6.45, 7) is 2.99. The summed E-state index contributed by atoms with van der Waals surface area (Å²) >= 11 is 0. The lowest BCUT2D eigenvalue weighted by molar-refractivity contribution is -0.111. The van der Waals surface area contributed by atoms with Crippen LogP contribution in [0, 0.1) is 0 Å². The van der Waals surface area contributed by atoms with E-state index in [1.807, 2.05) is 0 Å². The van der Waals surface area contributed by atoms with Gasteiger partial charge in [0, 0.05) is 0 Å². The summed E-state index contributed by atoms with van der Waals surface area (Å²) in [6.07, 6.45) is 0. The van der Waals surface area contributed by atoms with Gasteiger partial charge in [0.2, 0.25) is 29.5 Å². The molecule has 5 N–H and O–H groups in total. The molecular weight excluding hydrogens is 270 g/mol. The number of carbonyl (C=O) groups excluding carboxylic acids is 5. The van der Waals surface area contributed by atoms with Crippen LogP contribution in [0.25, 0.3) is 0 Å². The molecule has 0 radical (unpaired) electrons. The zero-order valence-electron chi connectivity index (χ0n) is 10.6. The molecule has 5 aliphatic rings. The van der Waals surface area contributed by atoms with Crippen molar-refractivity contribution in [3.8, 4) is 0 Å². The van der Waals surface area contributed by atoms with Crippen LogP contribution < -0.4 is 26.6 Å². The molecule has 20 heavy (non-hydrogen) atoms. The highest BCUT2D eigenvalue weighted by molar-refractivity contribution is 5.93. The summed E-state index contributed by atoms with van der Waals surface area (Å²) in [5.41, 5.74) is 0. The lowest BCUT2D eigenvalue weighted by atomic mass is 11.0. The van der Waals surface area contributed by atoms with E-state index < -0.39 is 0 Å². The van der Waals surface area contributed by atoms with E-state index in [2.05, 4.69) is 26.6 Å². The van der Waals surface area contributed by atoms with Crippen LogP contribution in [0.4, 0.5) is 0 Å². The third-order valence-electron chi connectivity index (χ3n) is 1.61. The van der Waals surface area contributed by atoms with Gasteiger partial charge in [0.1, 0.15) is 0 Å². The Morgan fingerprint density at radius 1 is 0.400 bits per heavy atom. The molecule has 5 amide bonds. The Morgan fingerprint density at radius 3 is 0.450 bits per heavy atom. The fourth-order valence-electron chi connectivity index (χ4n) is 0.180. The summed E-state index contributed by atoms with van der Waals surface area (Å²) in [6, 6.07) is 0. The fourth-order valence-corrected chi connectivity index (χ4v) is 0.180. The smallest absolute Gasteiger partial charge is 0.239 e. The molecule has 5 heterocycles. The number of carbonyl (C=O) groups is 5. The van der Waals surface area contributed by atoms with E-state index in [-0.39, 0.29) is 29.5 Å². The number of hydrogen-bond acceptors (Lipinski definition) is 5. The largest absolute Gasteiger partial charge is 0.346 e. The molecule has 10 nitrogen and oxygen atoms in total. The van der Waals surface area contributed by atoms with Crippen LogP contribution in [0.5, 0.6) is 0 Å². The van der Waals surface area contributed by atoms with Crippen molar-refractivity contribution in [2.24, 2.45) is 0 Å². The highest BCUT2D eigenvalue weighted by Crippen LogP contribution is 1.73. The number of nitrogens with one attached hydrogen (secondary N) is 5. The first kappa shape index (κ1) is 15.4. The Kier molecular flexibility index (Phi) is 5.94. The van der Waals surface area contributed by atoms with Crippen LogP contribution >= 0.6 is 0 Å². The molecule has 5 rings (SSSR count). The maximum absolute atomic E-state index is 9.44. The SMILES string of the molecule is O=C1CN1.O=C1CN1.O=C1CN1.O=C1CN1.O=C1CN1. The van der Waals surface area contributed by atoms with Crippen LogP contribution in [0.2, 0.25) is 0 Å². The van der Waals surface area contributed by atoms with Gasteiger partial charge in [0.05, 0.1) is 32.7 Å². The molecular formula is C10H15N5O5. The van der Waals surface area contributed by atoms with E-state index in [0.717, 1.165) is 0 Å². The minimum Gasteiger partial charge on any atom is -0.346 e. The van der Waals surface area contributed by atoms with Crippen molar-refractivity contribution < 1.29 is 24.0 Å². The van der Waals surface area contributed by atoms with Crippen LogP contribution in [0.1, 0.15) is 0 Å². The van der Waals surface area contributed by atoms with Crippen molar-refractivity contribution in [3.05, 3.63) is 0 Å². The van der Waals surface area contributed by atoms with Crippen molar-refractivity contribution in [1.82, 2.24) is 26.6 Å². The lowest BCUT2D eigenvalue weighted by Gasteiger charge is -1.30. The van der Waals surface area contributed by atoms with Gasteiger partial charge in [0.15, 0.2) is 0 Å². The maximum atomic E-state index is 9.44. The third kappa shape index (κ3) is 20.7. The van der Waals surface area contributed by atoms with Gasteiger partial charge in [0.25, 0.3) is 0 Å². The van der Waals surface area contributed by atoms with Crippen molar-refractivity contribution in [3.63, 3.8) is 0 Å². The average molecular weight is 285 g/mol. The maximum Gasteiger partial charge on any atom is 0.239 e. The summed E-state index contributed by atoms with van der Waals surface area (Å²) in [5, 5.41) is 12.3. The third-order valence-corrected chi connectivity index (χ3v) is 1.61. The van der Waals surface area contributed by atoms with Gasteiger partial charge in [-0.1, -0.05) is 0 Å². The highest BCUT2D eigenvalue weighted by atomic mass is 16.2. The summed E-state index contributed by atoms with van der Waals surface area (Å²) in [5.74, 6) is 0.833. The van der Waals surface area contributed by atoms with Gasteiger partial charge in [-0.25, -0.2) is 0 Å². The highest BCUT2D eigenvalue weighted by Gasteiger charge is 2.12. The molecule has 5 fully saturated rings. The first-order valence-corrected chi connectivity index (χ1v) is 5.81. The van der Waals surface area contributed by atoms with Gasteiger partial charge in [-0.15, -0.1) is 0 Å². The van der Waals surface area contributed by atoms with Crippen LogP contribution in [0.15, 0.2) is 0 Å². The van der Waals surface area contributed by atoms with Crippen molar-refractivity contribution in [1.29, 1.82) is 0 Å². The molecule has 10 heteroatoms. The average Bonchev–Trinajstić information content (AvgIpc) is 3.21. The van der Waals surface area contributed by atoms with Crippen LogP contribution in [-0.2, 0) is 24.0 Å². The summed E-state index contributed by atoms with van der Waals surface area (Å²) in [4.78, 5) is 47.2. The van der Waals surface area contributed by atoms with Gasteiger partial charge < -0.3 is 26.6 Å². The Morgan fingerprint density at radius 2 is 0.450 bits per heavy atom. The molecule has 0 saturated carbocycles. The zero-order chi connectivity index (χ0) is 15.0. The summed E-state index contributed by atoms with van der Waals surface area (Å²) < 4.78 is 0. The predicted octanol–water partition coefficient (Wildman–Crippen LogP) is -4.42. The van der Waals surface area contributed by atoms with E-state index in [0.29, 0.717) is 32.7 Å². The van der Waals surface area contributed by atoms with Crippen molar-refractivity contribution in [2.75, 3.05) is 32.7 Å². The van der Waals surface area contributed by atoms with E-state index in [1.165, 1.54) is 0 Å². The molecule has 0 unspecified atom stereocenters. The van der Waals surface area contributed by atoms with Gasteiger partial charge in [-0.2, -0.15) is 0 Å². The molecule has 5 saturated heterocycles. The second kappa shape index (κ2) is 7.71. The minimum absolute atomic E-state index is 0.167. The van der Waals surface area contributed by atoms with E-state index >= 15 is 0 Å². The quantitative estimate of drug-likeness (QED) is 0.279. The molecule has 0 atom stereocenters. The zero-order valence-corrected chi connectivity index (χ0v) is 10.6. The number of hydrogen-bond donors (Lipinski definition) is 5. The van der Waals surface area contributed by atoms with Crippen molar-refractivity contribution in [2.45, 2.75) is 0 Å². The summed E-state index contributed by atoms with van der Waals surface area (Å²) in [7, 11) is 0. The second-order valence-electron chi connectivity index (χ2n) is 3.88. The van der Waals surface area contributed by atoms with Gasteiger partial charge >= 0.3 is 0 Å². The van der Waals surface area contributed by atoms with E-state index in [9.17, 15) is 24.0 Å². The number of rotatable bonds is 0.